The number of rotatable bonds is 4. The van der Waals surface area contributed by atoms with Crippen LogP contribution in [0.2, 0.25) is 0 Å². The number of aromatic nitrogens is 2. The first-order valence-corrected chi connectivity index (χ1v) is 8.25. The summed E-state index contributed by atoms with van der Waals surface area (Å²) in [6, 6.07) is 15.0. The van der Waals surface area contributed by atoms with Crippen LogP contribution >= 0.6 is 0 Å². The molecule has 132 valence electrons. The highest BCUT2D eigenvalue weighted by molar-refractivity contribution is 5.81. The Morgan fingerprint density at radius 3 is 2.73 bits per heavy atom. The first kappa shape index (κ1) is 16.1. The monoisotopic (exact) mass is 351 g/mol. The van der Waals surface area contributed by atoms with Gasteiger partial charge in [0.2, 0.25) is 17.8 Å². The second kappa shape index (κ2) is 6.87. The predicted molar refractivity (Wildman–Crippen MR) is 92.7 cm³/mol. The van der Waals surface area contributed by atoms with E-state index in [2.05, 4.69) is 15.5 Å². The Morgan fingerprint density at radius 1 is 1.15 bits per heavy atom. The van der Waals surface area contributed by atoms with Crippen LogP contribution in [0.25, 0.3) is 11.4 Å². The maximum atomic E-state index is 12.3. The van der Waals surface area contributed by atoms with Crippen LogP contribution in [0.5, 0.6) is 11.5 Å². The van der Waals surface area contributed by atoms with Crippen LogP contribution in [-0.2, 0) is 11.3 Å². The van der Waals surface area contributed by atoms with Crippen LogP contribution in [0.1, 0.15) is 11.5 Å². The molecule has 1 atom stereocenters. The molecule has 7 heteroatoms. The Kier molecular flexibility index (Phi) is 4.27. The van der Waals surface area contributed by atoms with E-state index in [1.165, 1.54) is 0 Å². The van der Waals surface area contributed by atoms with E-state index in [0.29, 0.717) is 23.2 Å². The Morgan fingerprint density at radius 2 is 1.92 bits per heavy atom. The average Bonchev–Trinajstić information content (AvgIpc) is 3.15. The molecule has 0 fully saturated rings. The van der Waals surface area contributed by atoms with Gasteiger partial charge < -0.3 is 19.3 Å². The highest BCUT2D eigenvalue weighted by Crippen LogP contribution is 2.30. The van der Waals surface area contributed by atoms with Crippen LogP contribution in [0.4, 0.5) is 0 Å². The van der Waals surface area contributed by atoms with Gasteiger partial charge in [0.1, 0.15) is 6.61 Å². The van der Waals surface area contributed by atoms with Gasteiger partial charge >= 0.3 is 0 Å². The predicted octanol–water partition coefficient (Wildman–Crippen LogP) is 2.50. The molecule has 0 aliphatic carbocycles. The van der Waals surface area contributed by atoms with Crippen LogP contribution in [-0.4, -0.2) is 28.8 Å². The number of ether oxygens (including phenoxy) is 2. The van der Waals surface area contributed by atoms with Crippen molar-refractivity contribution in [3.8, 4) is 22.9 Å². The van der Waals surface area contributed by atoms with E-state index in [9.17, 15) is 4.79 Å². The third-order valence-corrected chi connectivity index (χ3v) is 3.99. The number of para-hydroxylation sites is 2. The van der Waals surface area contributed by atoms with Crippen molar-refractivity contribution < 1.29 is 18.8 Å². The zero-order chi connectivity index (χ0) is 17.9. The lowest BCUT2D eigenvalue weighted by molar-refractivity contribution is -0.130. The summed E-state index contributed by atoms with van der Waals surface area (Å²) in [5, 5.41) is 6.68. The second-order valence-electron chi connectivity index (χ2n) is 5.96. The van der Waals surface area contributed by atoms with Gasteiger partial charge in [-0.25, -0.2) is 0 Å². The van der Waals surface area contributed by atoms with Gasteiger partial charge in [-0.3, -0.25) is 4.79 Å². The van der Waals surface area contributed by atoms with Crippen LogP contribution in [0.3, 0.4) is 0 Å². The third-order valence-electron chi connectivity index (χ3n) is 3.99. The molecule has 2 aromatic carbocycles. The molecule has 0 radical (unpaired) electrons. The summed E-state index contributed by atoms with van der Waals surface area (Å²) < 4.78 is 16.4. The molecule has 1 amide bonds. The lowest BCUT2D eigenvalue weighted by Crippen LogP contribution is -2.43. The van der Waals surface area contributed by atoms with Crippen molar-refractivity contribution in [2.75, 3.05) is 6.61 Å². The van der Waals surface area contributed by atoms with Gasteiger partial charge in [0.25, 0.3) is 5.91 Å². The van der Waals surface area contributed by atoms with Gasteiger partial charge in [-0.2, -0.15) is 4.98 Å². The third kappa shape index (κ3) is 3.37. The molecule has 26 heavy (non-hydrogen) atoms. The minimum Gasteiger partial charge on any atom is -0.485 e. The minimum absolute atomic E-state index is 0.124. The standard InChI is InChI=1S/C19H17N3O4/c1-12-6-8-13(9-7-12)18-21-17(26-22-18)10-20-19(23)16-11-24-14-4-2-3-5-15(14)25-16/h2-9,16H,10-11H2,1H3,(H,20,23)/t16-/m1/s1. The van der Waals surface area contributed by atoms with E-state index < -0.39 is 6.10 Å². The first-order valence-electron chi connectivity index (χ1n) is 8.25. The number of amides is 1. The number of benzene rings is 2. The van der Waals surface area contributed by atoms with Gasteiger partial charge in [-0.1, -0.05) is 47.1 Å². The number of fused-ring (bicyclic) bond motifs is 1. The molecule has 4 rings (SSSR count). The highest BCUT2D eigenvalue weighted by atomic mass is 16.6. The lowest BCUT2D eigenvalue weighted by Gasteiger charge is -2.25. The molecular formula is C19H17N3O4. The summed E-state index contributed by atoms with van der Waals surface area (Å²) in [5.74, 6) is 1.70. The van der Waals surface area contributed by atoms with Gasteiger partial charge in [-0.15, -0.1) is 0 Å². The molecule has 1 aliphatic rings. The maximum Gasteiger partial charge on any atom is 0.265 e. The number of hydrogen-bond acceptors (Lipinski definition) is 6. The van der Waals surface area contributed by atoms with Crippen molar-refractivity contribution in [3.63, 3.8) is 0 Å². The molecule has 2 heterocycles. The zero-order valence-electron chi connectivity index (χ0n) is 14.1. The molecule has 1 aromatic heterocycles. The topological polar surface area (TPSA) is 86.5 Å². The lowest BCUT2D eigenvalue weighted by atomic mass is 10.1. The molecular weight excluding hydrogens is 334 g/mol. The number of carbonyl (C=O) groups is 1. The fourth-order valence-electron chi connectivity index (χ4n) is 2.57. The maximum absolute atomic E-state index is 12.3. The zero-order valence-corrected chi connectivity index (χ0v) is 14.1. The fourth-order valence-corrected chi connectivity index (χ4v) is 2.57. The van der Waals surface area contributed by atoms with E-state index >= 15 is 0 Å². The quantitative estimate of drug-likeness (QED) is 0.777. The molecule has 1 N–H and O–H groups in total. The van der Waals surface area contributed by atoms with E-state index in [1.807, 2.05) is 43.3 Å². The van der Waals surface area contributed by atoms with Crippen LogP contribution in [0, 0.1) is 6.92 Å². The van der Waals surface area contributed by atoms with Crippen LogP contribution in [0.15, 0.2) is 53.1 Å². The van der Waals surface area contributed by atoms with Gasteiger partial charge in [-0.05, 0) is 19.1 Å². The molecule has 0 unspecified atom stereocenters. The summed E-state index contributed by atoms with van der Waals surface area (Å²) in [5.41, 5.74) is 2.01. The van der Waals surface area contributed by atoms with Crippen molar-refractivity contribution in [1.82, 2.24) is 15.5 Å². The summed E-state index contributed by atoms with van der Waals surface area (Å²) in [7, 11) is 0. The van der Waals surface area contributed by atoms with E-state index in [1.54, 1.807) is 12.1 Å². The number of nitrogens with zero attached hydrogens (tertiary/aromatic N) is 2. The van der Waals surface area contributed by atoms with Crippen LogP contribution < -0.4 is 14.8 Å². The largest absolute Gasteiger partial charge is 0.485 e. The normalized spacial score (nSPS) is 15.5. The molecule has 1 aliphatic heterocycles. The Bertz CT molecular complexity index is 921. The molecule has 0 saturated carbocycles. The first-order chi connectivity index (χ1) is 12.7. The summed E-state index contributed by atoms with van der Waals surface area (Å²) >= 11 is 0. The Balaban J connectivity index is 1.36. The van der Waals surface area contributed by atoms with E-state index in [-0.39, 0.29) is 19.1 Å². The molecule has 7 nitrogen and oxygen atoms in total. The molecule has 3 aromatic rings. The molecule has 0 bridgehead atoms. The van der Waals surface area contributed by atoms with Crippen molar-refractivity contribution in [3.05, 3.63) is 60.0 Å². The smallest absolute Gasteiger partial charge is 0.265 e. The van der Waals surface area contributed by atoms with Crippen molar-refractivity contribution in [1.29, 1.82) is 0 Å². The van der Waals surface area contributed by atoms with Crippen molar-refractivity contribution >= 4 is 5.91 Å². The highest BCUT2D eigenvalue weighted by Gasteiger charge is 2.27. The minimum atomic E-state index is -0.718. The van der Waals surface area contributed by atoms with Crippen molar-refractivity contribution in [2.45, 2.75) is 19.6 Å². The summed E-state index contributed by atoms with van der Waals surface area (Å²) in [4.78, 5) is 16.6. The Hall–Kier alpha value is -3.35. The summed E-state index contributed by atoms with van der Waals surface area (Å²) in [6.07, 6.45) is -0.718. The Labute approximate surface area is 149 Å². The van der Waals surface area contributed by atoms with Crippen molar-refractivity contribution in [2.24, 2.45) is 0 Å². The summed E-state index contributed by atoms with van der Waals surface area (Å²) in [6.45, 7) is 2.29. The van der Waals surface area contributed by atoms with Gasteiger partial charge in [0.15, 0.2) is 11.5 Å². The van der Waals surface area contributed by atoms with Gasteiger partial charge in [0, 0.05) is 5.56 Å². The number of aryl methyl sites for hydroxylation is 1. The molecule has 0 spiro atoms. The number of carbonyl (C=O) groups excluding carboxylic acids is 1. The fraction of sp³-hybridized carbons (Fsp3) is 0.211. The number of nitrogens with one attached hydrogen (secondary N) is 1. The van der Waals surface area contributed by atoms with Gasteiger partial charge in [0.05, 0.1) is 6.54 Å². The number of hydrogen-bond donors (Lipinski definition) is 1. The second-order valence-corrected chi connectivity index (χ2v) is 5.96. The SMILES string of the molecule is Cc1ccc(-c2noc(CNC(=O)[C@H]3COc4ccccc4O3)n2)cc1. The van der Waals surface area contributed by atoms with E-state index in [0.717, 1.165) is 11.1 Å². The van der Waals surface area contributed by atoms with E-state index in [4.69, 9.17) is 14.0 Å². The molecule has 0 saturated heterocycles. The average molecular weight is 351 g/mol.